The summed E-state index contributed by atoms with van der Waals surface area (Å²) < 4.78 is 5.24. The average Bonchev–Trinajstić information content (AvgIpc) is 3.68. The molecule has 13 heteroatoms. The maximum atomic E-state index is 13.3. The van der Waals surface area contributed by atoms with Crippen molar-refractivity contribution < 1.29 is 24.2 Å². The van der Waals surface area contributed by atoms with Gasteiger partial charge in [-0.3, -0.25) is 14.8 Å². The third kappa shape index (κ3) is 6.09. The summed E-state index contributed by atoms with van der Waals surface area (Å²) in [5, 5.41) is 15.4. The molecule has 6 rings (SSSR count). The number of nitrogens with zero attached hydrogens (tertiary/aromatic N) is 5. The number of anilines is 1. The Labute approximate surface area is 262 Å². The van der Waals surface area contributed by atoms with Gasteiger partial charge in [0.2, 0.25) is 0 Å². The summed E-state index contributed by atoms with van der Waals surface area (Å²) in [7, 11) is 1.36. The van der Waals surface area contributed by atoms with Crippen LogP contribution >= 0.6 is 22.9 Å². The summed E-state index contributed by atoms with van der Waals surface area (Å²) in [5.74, 6) is -0.919. The number of esters is 1. The van der Waals surface area contributed by atoms with Crippen molar-refractivity contribution >= 4 is 58.5 Å². The van der Waals surface area contributed by atoms with Gasteiger partial charge in [-0.1, -0.05) is 35.9 Å². The summed E-state index contributed by atoms with van der Waals surface area (Å²) in [5.41, 5.74) is 3.38. The second kappa shape index (κ2) is 12.6. The highest BCUT2D eigenvalue weighted by Crippen LogP contribution is 2.34. The average molecular weight is 633 g/mol. The fourth-order valence-electron chi connectivity index (χ4n) is 5.69. The summed E-state index contributed by atoms with van der Waals surface area (Å²) in [4.78, 5) is 52.6. The van der Waals surface area contributed by atoms with E-state index in [9.17, 15) is 14.4 Å². The number of urea groups is 1. The lowest BCUT2D eigenvalue weighted by Crippen LogP contribution is -2.53. The molecule has 0 radical (unpaired) electrons. The zero-order valence-electron chi connectivity index (χ0n) is 23.7. The van der Waals surface area contributed by atoms with E-state index in [2.05, 4.69) is 15.2 Å². The number of amides is 2. The van der Waals surface area contributed by atoms with Crippen molar-refractivity contribution in [3.05, 3.63) is 98.6 Å². The van der Waals surface area contributed by atoms with Crippen LogP contribution in [0.1, 0.15) is 22.2 Å². The van der Waals surface area contributed by atoms with Crippen LogP contribution in [0.25, 0.3) is 6.08 Å². The van der Waals surface area contributed by atoms with Crippen LogP contribution in [0, 0.1) is 0 Å². The van der Waals surface area contributed by atoms with Crippen LogP contribution < -0.4 is 10.2 Å². The number of carboxylic acid groups (broad SMARTS) is 1. The normalized spacial score (nSPS) is 20.5. The van der Waals surface area contributed by atoms with E-state index >= 15 is 0 Å². The maximum absolute atomic E-state index is 13.3. The number of aliphatic carboxylic acids is 1. The van der Waals surface area contributed by atoms with Crippen molar-refractivity contribution in [2.75, 3.05) is 44.7 Å². The molecule has 0 saturated carbocycles. The van der Waals surface area contributed by atoms with Crippen molar-refractivity contribution in [3.63, 3.8) is 0 Å². The molecule has 2 atom stereocenters. The first-order chi connectivity index (χ1) is 21.3. The monoisotopic (exact) mass is 632 g/mol. The lowest BCUT2D eigenvalue weighted by Gasteiger charge is -2.38. The number of carbonyl (C=O) groups is 3. The first-order valence-corrected chi connectivity index (χ1v) is 15.2. The van der Waals surface area contributed by atoms with Gasteiger partial charge in [0, 0.05) is 66.8 Å². The van der Waals surface area contributed by atoms with Crippen LogP contribution in [0.15, 0.2) is 82.4 Å². The molecule has 3 aromatic rings. The highest BCUT2D eigenvalue weighted by molar-refractivity contribution is 7.11. The minimum atomic E-state index is -1.02. The number of hydrogen-bond donors (Lipinski definition) is 2. The van der Waals surface area contributed by atoms with Gasteiger partial charge in [-0.05, 0) is 41.5 Å². The minimum Gasteiger partial charge on any atom is -0.478 e. The van der Waals surface area contributed by atoms with Crippen molar-refractivity contribution in [2.45, 2.75) is 12.1 Å². The quantitative estimate of drug-likeness (QED) is 0.281. The molecule has 1 unspecified atom stereocenters. The number of aromatic nitrogens is 1. The number of fused-ring (bicyclic) bond motifs is 1. The Morgan fingerprint density at radius 1 is 1.14 bits per heavy atom. The molecule has 1 aromatic heterocycles. The van der Waals surface area contributed by atoms with E-state index in [0.29, 0.717) is 59.9 Å². The van der Waals surface area contributed by atoms with Crippen LogP contribution in [0.5, 0.6) is 0 Å². The molecular formula is C31H29ClN6O5S. The Morgan fingerprint density at radius 2 is 1.91 bits per heavy atom. The molecule has 226 valence electrons. The van der Waals surface area contributed by atoms with Gasteiger partial charge < -0.3 is 20.1 Å². The van der Waals surface area contributed by atoms with E-state index in [4.69, 9.17) is 26.4 Å². The molecule has 4 heterocycles. The van der Waals surface area contributed by atoms with Gasteiger partial charge in [0.05, 0.1) is 18.7 Å². The molecule has 0 aliphatic carbocycles. The molecule has 44 heavy (non-hydrogen) atoms. The van der Waals surface area contributed by atoms with E-state index in [-0.39, 0.29) is 12.1 Å². The molecular weight excluding hydrogens is 604 g/mol. The number of ether oxygens (including phenoxy) is 1. The zero-order chi connectivity index (χ0) is 30.8. The molecule has 2 fully saturated rings. The predicted octanol–water partition coefficient (Wildman–Crippen LogP) is 4.04. The zero-order valence-corrected chi connectivity index (χ0v) is 25.3. The number of aliphatic imine (C=N–C) groups is 1. The van der Waals surface area contributed by atoms with Crippen molar-refractivity contribution in [1.29, 1.82) is 0 Å². The van der Waals surface area contributed by atoms with Gasteiger partial charge >= 0.3 is 18.0 Å². The third-order valence-electron chi connectivity index (χ3n) is 7.79. The van der Waals surface area contributed by atoms with Gasteiger partial charge in [0.15, 0.2) is 10.8 Å². The molecule has 3 aliphatic rings. The lowest BCUT2D eigenvalue weighted by atomic mass is 9.95. The number of amidine groups is 1. The second-order valence-corrected chi connectivity index (χ2v) is 11.8. The Kier molecular flexibility index (Phi) is 8.47. The van der Waals surface area contributed by atoms with Gasteiger partial charge in [0.1, 0.15) is 6.04 Å². The SMILES string of the molecule is COC(=O)C1=C(CN2CCN3C(=O)N(c4ccc(/C=C/C(=O)O)cc4)C[C@@H]3C2)NC(c2nccs2)=NC1c1ccc(Cl)cc1. The molecule has 2 aromatic carbocycles. The highest BCUT2D eigenvalue weighted by Gasteiger charge is 2.42. The van der Waals surface area contributed by atoms with Crippen molar-refractivity contribution in [2.24, 2.45) is 4.99 Å². The predicted molar refractivity (Wildman–Crippen MR) is 168 cm³/mol. The van der Waals surface area contributed by atoms with Crippen molar-refractivity contribution in [3.8, 4) is 0 Å². The topological polar surface area (TPSA) is 128 Å². The first kappa shape index (κ1) is 29.5. The fourth-order valence-corrected chi connectivity index (χ4v) is 6.41. The Hall–Kier alpha value is -4.52. The second-order valence-electron chi connectivity index (χ2n) is 10.5. The number of rotatable bonds is 8. The molecule has 2 amide bonds. The van der Waals surface area contributed by atoms with E-state index in [1.807, 2.05) is 34.5 Å². The van der Waals surface area contributed by atoms with Crippen LogP contribution in [-0.4, -0.2) is 89.6 Å². The van der Waals surface area contributed by atoms with Crippen LogP contribution in [0.4, 0.5) is 10.5 Å². The van der Waals surface area contributed by atoms with Gasteiger partial charge in [-0.25, -0.2) is 19.4 Å². The number of thiazole rings is 1. The van der Waals surface area contributed by atoms with Crippen LogP contribution in [0.2, 0.25) is 5.02 Å². The molecule has 11 nitrogen and oxygen atoms in total. The van der Waals surface area contributed by atoms with Crippen molar-refractivity contribution in [1.82, 2.24) is 20.1 Å². The van der Waals surface area contributed by atoms with Gasteiger partial charge in [-0.2, -0.15) is 0 Å². The number of nitrogens with one attached hydrogen (secondary N) is 1. The van der Waals surface area contributed by atoms with Crippen LogP contribution in [0.3, 0.4) is 0 Å². The number of carbonyl (C=O) groups excluding carboxylic acids is 2. The van der Waals surface area contributed by atoms with E-state index in [1.54, 1.807) is 35.4 Å². The summed E-state index contributed by atoms with van der Waals surface area (Å²) in [6.45, 7) is 2.69. The van der Waals surface area contributed by atoms with Gasteiger partial charge in [-0.15, -0.1) is 11.3 Å². The summed E-state index contributed by atoms with van der Waals surface area (Å²) in [6, 6.07) is 13.8. The Morgan fingerprint density at radius 3 is 2.59 bits per heavy atom. The maximum Gasteiger partial charge on any atom is 0.338 e. The lowest BCUT2D eigenvalue weighted by molar-refractivity contribution is -0.136. The number of piperazine rings is 1. The molecule has 2 N–H and O–H groups in total. The first-order valence-electron chi connectivity index (χ1n) is 13.9. The smallest absolute Gasteiger partial charge is 0.338 e. The number of carboxylic acids is 1. The standard InChI is InChI=1S/C31H29ClN6O5S/c1-43-30(41)26-24(34-28(29-33-12-15-44-29)35-27(26)20-5-7-21(32)8-6-20)18-36-13-14-37-23(16-36)17-38(31(37)42)22-9-2-19(3-10-22)4-11-25(39)40/h2-12,15,23,27H,13-14,16-18H2,1H3,(H,34,35)(H,39,40)/b11-4+/t23-,27?/m0/s1. The molecule has 3 aliphatic heterocycles. The van der Waals surface area contributed by atoms with E-state index in [0.717, 1.165) is 22.9 Å². The third-order valence-corrected chi connectivity index (χ3v) is 8.83. The summed E-state index contributed by atoms with van der Waals surface area (Å²) in [6.07, 6.45) is 4.30. The van der Waals surface area contributed by atoms with E-state index in [1.165, 1.54) is 24.5 Å². The Balaban J connectivity index is 1.24. The number of halogens is 1. The molecule has 0 bridgehead atoms. The van der Waals surface area contributed by atoms with E-state index < -0.39 is 18.0 Å². The number of methoxy groups -OCH3 is 1. The highest BCUT2D eigenvalue weighted by atomic mass is 35.5. The largest absolute Gasteiger partial charge is 0.478 e. The van der Waals surface area contributed by atoms with Gasteiger partial charge in [0.25, 0.3) is 0 Å². The summed E-state index contributed by atoms with van der Waals surface area (Å²) >= 11 is 7.61. The van der Waals surface area contributed by atoms with Crippen LogP contribution in [-0.2, 0) is 14.3 Å². The molecule has 2 saturated heterocycles. The minimum absolute atomic E-state index is 0.0484. The number of hydrogen-bond acceptors (Lipinski definition) is 9. The fraction of sp³-hybridized carbons (Fsp3) is 0.258. The Bertz CT molecular complexity index is 1660. The number of benzene rings is 2. The molecule has 0 spiro atoms.